The molecule has 5 heterocycles. The van der Waals surface area contributed by atoms with Crippen LogP contribution in [0.2, 0.25) is 0 Å². The molecule has 4 atom stereocenters. The average molecular weight is 396 g/mol. The van der Waals surface area contributed by atoms with Gasteiger partial charge in [0.05, 0.1) is 18.0 Å². The number of hydrogen-bond acceptors (Lipinski definition) is 5. The van der Waals surface area contributed by atoms with Gasteiger partial charge in [-0.3, -0.25) is 4.79 Å². The van der Waals surface area contributed by atoms with Gasteiger partial charge in [0.15, 0.2) is 0 Å². The van der Waals surface area contributed by atoms with Gasteiger partial charge in [0.2, 0.25) is 5.91 Å². The standard InChI is InChI=1S/C22H29N5O2/c1-15(2)21(28)25-10-17-18-12-27(13-22(18)6-5-19(17)29-22)20-4-3-16(9-24-20)11-26-8-7-23-14-26/h3-4,7-9,14-15,17-19H,5-6,10-13H2,1-2H3,(H,25,28)/t17-,18+,19+,22+/m0/s1. The number of amides is 1. The van der Waals surface area contributed by atoms with Crippen molar-refractivity contribution in [3.63, 3.8) is 0 Å². The predicted octanol–water partition coefficient (Wildman–Crippen LogP) is 2.08. The first-order valence-corrected chi connectivity index (χ1v) is 10.7. The quantitative estimate of drug-likeness (QED) is 0.811. The lowest BCUT2D eigenvalue weighted by atomic mass is 9.73. The van der Waals surface area contributed by atoms with Crippen LogP contribution in [0, 0.1) is 17.8 Å². The van der Waals surface area contributed by atoms with E-state index in [1.54, 1.807) is 6.20 Å². The summed E-state index contributed by atoms with van der Waals surface area (Å²) in [4.78, 5) is 23.2. The van der Waals surface area contributed by atoms with Gasteiger partial charge in [-0.1, -0.05) is 19.9 Å². The van der Waals surface area contributed by atoms with Crippen molar-refractivity contribution in [3.05, 3.63) is 42.6 Å². The van der Waals surface area contributed by atoms with E-state index in [4.69, 9.17) is 9.72 Å². The molecule has 3 aliphatic rings. The van der Waals surface area contributed by atoms with Crippen molar-refractivity contribution < 1.29 is 9.53 Å². The number of carbonyl (C=O) groups excluding carboxylic acids is 1. The Hall–Kier alpha value is -2.41. The summed E-state index contributed by atoms with van der Waals surface area (Å²) >= 11 is 0. The van der Waals surface area contributed by atoms with Crippen molar-refractivity contribution >= 4 is 11.7 Å². The van der Waals surface area contributed by atoms with Crippen LogP contribution < -0.4 is 10.2 Å². The number of aromatic nitrogens is 3. The molecule has 2 bridgehead atoms. The minimum Gasteiger partial charge on any atom is -0.369 e. The first-order chi connectivity index (χ1) is 14.0. The van der Waals surface area contributed by atoms with Crippen LogP contribution in [0.1, 0.15) is 32.3 Å². The van der Waals surface area contributed by atoms with Crippen molar-refractivity contribution in [3.8, 4) is 0 Å². The van der Waals surface area contributed by atoms with E-state index in [0.29, 0.717) is 17.9 Å². The van der Waals surface area contributed by atoms with E-state index >= 15 is 0 Å². The molecule has 5 rings (SSSR count). The van der Waals surface area contributed by atoms with Crippen LogP contribution in [0.5, 0.6) is 0 Å². The first-order valence-electron chi connectivity index (χ1n) is 10.7. The molecule has 7 heteroatoms. The Morgan fingerprint density at radius 2 is 2.31 bits per heavy atom. The van der Waals surface area contributed by atoms with Crippen molar-refractivity contribution in [2.75, 3.05) is 24.5 Å². The van der Waals surface area contributed by atoms with Gasteiger partial charge in [-0.05, 0) is 24.5 Å². The molecular weight excluding hydrogens is 366 g/mol. The number of hydrogen-bond donors (Lipinski definition) is 1. The zero-order valence-corrected chi connectivity index (χ0v) is 17.1. The monoisotopic (exact) mass is 395 g/mol. The van der Waals surface area contributed by atoms with E-state index in [9.17, 15) is 4.79 Å². The number of nitrogens with one attached hydrogen (secondary N) is 1. The summed E-state index contributed by atoms with van der Waals surface area (Å²) in [6.07, 6.45) is 10.0. The molecule has 0 unspecified atom stereocenters. The Bertz CT molecular complexity index is 866. The third-order valence-electron chi connectivity index (χ3n) is 6.88. The highest BCUT2D eigenvalue weighted by molar-refractivity contribution is 5.77. The maximum Gasteiger partial charge on any atom is 0.222 e. The summed E-state index contributed by atoms with van der Waals surface area (Å²) in [7, 11) is 0. The minimum absolute atomic E-state index is 0.0218. The van der Waals surface area contributed by atoms with Gasteiger partial charge >= 0.3 is 0 Å². The normalized spacial score (nSPS) is 30.2. The largest absolute Gasteiger partial charge is 0.369 e. The number of fused-ring (bicyclic) bond motifs is 1. The fourth-order valence-corrected chi connectivity index (χ4v) is 5.35. The highest BCUT2D eigenvalue weighted by Crippen LogP contribution is 2.55. The predicted molar refractivity (Wildman–Crippen MR) is 109 cm³/mol. The van der Waals surface area contributed by atoms with E-state index in [0.717, 1.165) is 50.4 Å². The van der Waals surface area contributed by atoms with E-state index in [-0.39, 0.29) is 17.4 Å². The van der Waals surface area contributed by atoms with E-state index in [2.05, 4.69) is 27.3 Å². The van der Waals surface area contributed by atoms with Crippen LogP contribution in [0.3, 0.4) is 0 Å². The van der Waals surface area contributed by atoms with Crippen molar-refractivity contribution in [1.82, 2.24) is 19.9 Å². The van der Waals surface area contributed by atoms with Crippen LogP contribution in [-0.4, -0.2) is 51.8 Å². The maximum atomic E-state index is 12.0. The SMILES string of the molecule is CC(C)C(=O)NC[C@H]1[C@H]2CN(c3ccc(Cn4ccnc4)cn3)C[C@]23CC[C@H]1O3. The molecule has 1 spiro atoms. The van der Waals surface area contributed by atoms with Gasteiger partial charge < -0.3 is 19.5 Å². The number of nitrogens with zero attached hydrogens (tertiary/aromatic N) is 4. The van der Waals surface area contributed by atoms with Gasteiger partial charge in [0.25, 0.3) is 0 Å². The van der Waals surface area contributed by atoms with Gasteiger partial charge in [-0.25, -0.2) is 9.97 Å². The molecule has 3 saturated heterocycles. The highest BCUT2D eigenvalue weighted by atomic mass is 16.5. The minimum atomic E-state index is -0.0605. The molecule has 1 N–H and O–H groups in total. The summed E-state index contributed by atoms with van der Waals surface area (Å²) in [5.74, 6) is 2.03. The number of rotatable bonds is 6. The lowest BCUT2D eigenvalue weighted by molar-refractivity contribution is -0.124. The average Bonchev–Trinajstić information content (AvgIpc) is 3.48. The molecule has 7 nitrogen and oxygen atoms in total. The lowest BCUT2D eigenvalue weighted by Crippen LogP contribution is -2.42. The zero-order valence-electron chi connectivity index (χ0n) is 17.1. The fourth-order valence-electron chi connectivity index (χ4n) is 5.35. The van der Waals surface area contributed by atoms with Gasteiger partial charge in [0, 0.05) is 62.5 Å². The molecule has 0 aliphatic carbocycles. The highest BCUT2D eigenvalue weighted by Gasteiger charge is 2.63. The first kappa shape index (κ1) is 18.6. The van der Waals surface area contributed by atoms with Crippen molar-refractivity contribution in [2.45, 2.75) is 44.9 Å². The van der Waals surface area contributed by atoms with Crippen LogP contribution in [0.25, 0.3) is 0 Å². The number of pyridine rings is 1. The molecular formula is C22H29N5O2. The summed E-state index contributed by atoms with van der Waals surface area (Å²) in [6, 6.07) is 4.26. The Labute approximate surface area is 171 Å². The van der Waals surface area contributed by atoms with Crippen molar-refractivity contribution in [1.29, 1.82) is 0 Å². The second-order valence-corrected chi connectivity index (χ2v) is 9.07. The lowest BCUT2D eigenvalue weighted by Gasteiger charge is -2.29. The van der Waals surface area contributed by atoms with Gasteiger partial charge in [-0.2, -0.15) is 0 Å². The third kappa shape index (κ3) is 3.31. The Balaban J connectivity index is 1.26. The number of anilines is 1. The third-order valence-corrected chi connectivity index (χ3v) is 6.88. The molecule has 1 amide bonds. The second-order valence-electron chi connectivity index (χ2n) is 9.07. The number of carbonyl (C=O) groups is 1. The van der Waals surface area contributed by atoms with E-state index in [1.165, 1.54) is 0 Å². The molecule has 2 aromatic rings. The maximum absolute atomic E-state index is 12.0. The Kier molecular flexibility index (Phi) is 4.57. The van der Waals surface area contributed by atoms with Gasteiger partial charge in [-0.15, -0.1) is 0 Å². The van der Waals surface area contributed by atoms with E-state index < -0.39 is 0 Å². The molecule has 3 aliphatic heterocycles. The van der Waals surface area contributed by atoms with Crippen LogP contribution in [0.15, 0.2) is 37.1 Å². The number of ether oxygens (including phenoxy) is 1. The van der Waals surface area contributed by atoms with E-state index in [1.807, 2.05) is 37.1 Å². The molecule has 29 heavy (non-hydrogen) atoms. The topological polar surface area (TPSA) is 72.3 Å². The summed E-state index contributed by atoms with van der Waals surface area (Å²) in [5, 5.41) is 3.14. The Morgan fingerprint density at radius 1 is 1.41 bits per heavy atom. The molecule has 2 aromatic heterocycles. The summed E-state index contributed by atoms with van der Waals surface area (Å²) in [6.45, 7) is 7.23. The zero-order chi connectivity index (χ0) is 20.0. The Morgan fingerprint density at radius 3 is 3.03 bits per heavy atom. The number of imidazole rings is 1. The summed E-state index contributed by atoms with van der Waals surface area (Å²) < 4.78 is 8.54. The smallest absolute Gasteiger partial charge is 0.222 e. The second kappa shape index (κ2) is 7.13. The molecule has 3 fully saturated rings. The van der Waals surface area contributed by atoms with Crippen LogP contribution in [-0.2, 0) is 16.1 Å². The van der Waals surface area contributed by atoms with Crippen LogP contribution >= 0.6 is 0 Å². The van der Waals surface area contributed by atoms with Crippen LogP contribution in [0.4, 0.5) is 5.82 Å². The molecule has 0 saturated carbocycles. The molecule has 154 valence electrons. The summed E-state index contributed by atoms with van der Waals surface area (Å²) in [5.41, 5.74) is 1.10. The van der Waals surface area contributed by atoms with Crippen molar-refractivity contribution in [2.24, 2.45) is 17.8 Å². The fraction of sp³-hybridized carbons (Fsp3) is 0.591. The van der Waals surface area contributed by atoms with Gasteiger partial charge in [0.1, 0.15) is 5.82 Å². The molecule has 0 radical (unpaired) electrons. The molecule has 0 aromatic carbocycles.